The molecule has 3 heterocycles. The Hall–Kier alpha value is -2.37. The van der Waals surface area contributed by atoms with Crippen molar-refractivity contribution in [3.05, 3.63) is 41.9 Å². The highest BCUT2D eigenvalue weighted by Gasteiger charge is 2.26. The van der Waals surface area contributed by atoms with Crippen LogP contribution >= 0.6 is 0 Å². The van der Waals surface area contributed by atoms with E-state index in [0.29, 0.717) is 5.92 Å². The normalized spacial score (nSPS) is 18.4. The van der Waals surface area contributed by atoms with Gasteiger partial charge in [0.25, 0.3) is 0 Å². The van der Waals surface area contributed by atoms with Crippen molar-refractivity contribution in [1.29, 1.82) is 0 Å². The van der Waals surface area contributed by atoms with Gasteiger partial charge in [0.2, 0.25) is 0 Å². The van der Waals surface area contributed by atoms with Crippen molar-refractivity contribution in [3.63, 3.8) is 0 Å². The van der Waals surface area contributed by atoms with Crippen molar-refractivity contribution >= 4 is 11.8 Å². The Morgan fingerprint density at radius 2 is 2.30 bits per heavy atom. The van der Waals surface area contributed by atoms with Crippen LogP contribution in [0.3, 0.4) is 0 Å². The second-order valence-electron chi connectivity index (χ2n) is 5.07. The standard InChI is InChI=1S/C14H16N4O2/c1-17-8-11(7-15-17)10-5-6-18(9-10)13-4-2-3-12(16-13)14(19)20/h2-4,7-8,10H,5-6,9H2,1H3,(H,19,20). The van der Waals surface area contributed by atoms with Gasteiger partial charge in [-0.15, -0.1) is 0 Å². The van der Waals surface area contributed by atoms with Crippen LogP contribution in [-0.2, 0) is 7.05 Å². The maximum absolute atomic E-state index is 11.0. The van der Waals surface area contributed by atoms with Gasteiger partial charge in [-0.25, -0.2) is 9.78 Å². The number of carboxylic acids is 1. The van der Waals surface area contributed by atoms with Crippen molar-refractivity contribution < 1.29 is 9.90 Å². The summed E-state index contributed by atoms with van der Waals surface area (Å²) in [4.78, 5) is 17.3. The Kier molecular flexibility index (Phi) is 3.14. The van der Waals surface area contributed by atoms with Crippen LogP contribution < -0.4 is 4.90 Å². The number of pyridine rings is 1. The highest BCUT2D eigenvalue weighted by Crippen LogP contribution is 2.29. The lowest BCUT2D eigenvalue weighted by molar-refractivity contribution is 0.0690. The van der Waals surface area contributed by atoms with E-state index in [4.69, 9.17) is 5.11 Å². The molecule has 6 nitrogen and oxygen atoms in total. The van der Waals surface area contributed by atoms with Crippen LogP contribution in [0, 0.1) is 0 Å². The molecule has 6 heteroatoms. The van der Waals surface area contributed by atoms with Crippen LogP contribution in [0.25, 0.3) is 0 Å². The summed E-state index contributed by atoms with van der Waals surface area (Å²) in [6, 6.07) is 5.11. The predicted molar refractivity (Wildman–Crippen MR) is 74.0 cm³/mol. The average molecular weight is 272 g/mol. The number of anilines is 1. The van der Waals surface area contributed by atoms with E-state index in [0.717, 1.165) is 25.3 Å². The Bertz CT molecular complexity index is 638. The minimum absolute atomic E-state index is 0.0901. The smallest absolute Gasteiger partial charge is 0.354 e. The number of nitrogens with zero attached hydrogens (tertiary/aromatic N) is 4. The first-order valence-corrected chi connectivity index (χ1v) is 6.57. The van der Waals surface area contributed by atoms with Crippen LogP contribution in [0.2, 0.25) is 0 Å². The van der Waals surface area contributed by atoms with Gasteiger partial charge in [0.15, 0.2) is 5.69 Å². The molecule has 0 aliphatic carbocycles. The number of aromatic nitrogens is 3. The van der Waals surface area contributed by atoms with Crippen molar-refractivity contribution in [2.24, 2.45) is 7.05 Å². The number of carbonyl (C=O) groups is 1. The molecule has 0 bridgehead atoms. The Morgan fingerprint density at radius 1 is 1.45 bits per heavy atom. The van der Waals surface area contributed by atoms with E-state index in [1.165, 1.54) is 11.6 Å². The van der Waals surface area contributed by atoms with Crippen molar-refractivity contribution in [2.75, 3.05) is 18.0 Å². The van der Waals surface area contributed by atoms with Gasteiger partial charge in [-0.1, -0.05) is 6.07 Å². The summed E-state index contributed by atoms with van der Waals surface area (Å²) in [6.07, 6.45) is 4.97. The first-order valence-electron chi connectivity index (χ1n) is 6.57. The molecule has 1 aliphatic rings. The Morgan fingerprint density at radius 3 is 3.00 bits per heavy atom. The fraction of sp³-hybridized carbons (Fsp3) is 0.357. The highest BCUT2D eigenvalue weighted by molar-refractivity contribution is 5.85. The van der Waals surface area contributed by atoms with Gasteiger partial charge in [0.05, 0.1) is 6.20 Å². The van der Waals surface area contributed by atoms with E-state index in [-0.39, 0.29) is 5.69 Å². The maximum atomic E-state index is 11.0. The zero-order valence-electron chi connectivity index (χ0n) is 11.2. The molecule has 1 N–H and O–H groups in total. The van der Waals surface area contributed by atoms with Gasteiger partial charge >= 0.3 is 5.97 Å². The molecule has 1 unspecified atom stereocenters. The van der Waals surface area contributed by atoms with Crippen LogP contribution in [0.1, 0.15) is 28.4 Å². The highest BCUT2D eigenvalue weighted by atomic mass is 16.4. The van der Waals surface area contributed by atoms with E-state index in [2.05, 4.69) is 15.0 Å². The minimum Gasteiger partial charge on any atom is -0.477 e. The van der Waals surface area contributed by atoms with Crippen LogP contribution in [0.15, 0.2) is 30.6 Å². The fourth-order valence-electron chi connectivity index (χ4n) is 2.61. The zero-order valence-corrected chi connectivity index (χ0v) is 11.2. The molecule has 20 heavy (non-hydrogen) atoms. The lowest BCUT2D eigenvalue weighted by Gasteiger charge is -2.17. The lowest BCUT2D eigenvalue weighted by Crippen LogP contribution is -2.21. The van der Waals surface area contributed by atoms with Gasteiger partial charge in [-0.3, -0.25) is 4.68 Å². The molecule has 0 amide bonds. The molecule has 1 aliphatic heterocycles. The molecule has 104 valence electrons. The number of rotatable bonds is 3. The van der Waals surface area contributed by atoms with Gasteiger partial charge in [-0.05, 0) is 24.1 Å². The van der Waals surface area contributed by atoms with Gasteiger partial charge < -0.3 is 10.0 Å². The second-order valence-corrected chi connectivity index (χ2v) is 5.07. The van der Waals surface area contributed by atoms with Gasteiger partial charge in [-0.2, -0.15) is 5.10 Å². The summed E-state index contributed by atoms with van der Waals surface area (Å²) in [5.74, 6) is 0.171. The predicted octanol–water partition coefficient (Wildman–Crippen LogP) is 1.51. The summed E-state index contributed by atoms with van der Waals surface area (Å²) in [5.41, 5.74) is 1.32. The zero-order chi connectivity index (χ0) is 14.1. The number of aryl methyl sites for hydroxylation is 1. The topological polar surface area (TPSA) is 71.2 Å². The number of carboxylic acid groups (broad SMARTS) is 1. The molecule has 2 aromatic rings. The fourth-order valence-corrected chi connectivity index (χ4v) is 2.61. The molecular weight excluding hydrogens is 256 g/mol. The number of hydrogen-bond donors (Lipinski definition) is 1. The van der Waals surface area contributed by atoms with E-state index in [1.54, 1.807) is 10.7 Å². The molecule has 0 aromatic carbocycles. The van der Waals surface area contributed by atoms with Gasteiger partial charge in [0.1, 0.15) is 5.82 Å². The molecule has 0 spiro atoms. The molecule has 0 radical (unpaired) electrons. The summed E-state index contributed by atoms with van der Waals surface area (Å²) < 4.78 is 1.81. The van der Waals surface area contributed by atoms with E-state index in [1.807, 2.05) is 25.5 Å². The molecule has 1 fully saturated rings. The largest absolute Gasteiger partial charge is 0.477 e. The van der Waals surface area contributed by atoms with Crippen LogP contribution in [0.5, 0.6) is 0 Å². The van der Waals surface area contributed by atoms with Crippen molar-refractivity contribution in [3.8, 4) is 0 Å². The first-order chi connectivity index (χ1) is 9.63. The third-order valence-electron chi connectivity index (χ3n) is 3.66. The van der Waals surface area contributed by atoms with E-state index < -0.39 is 5.97 Å². The molecular formula is C14H16N4O2. The summed E-state index contributed by atoms with van der Waals surface area (Å²) in [7, 11) is 1.91. The first kappa shape index (κ1) is 12.7. The molecule has 3 rings (SSSR count). The molecule has 1 atom stereocenters. The average Bonchev–Trinajstić information content (AvgIpc) is 3.07. The lowest BCUT2D eigenvalue weighted by atomic mass is 10.0. The molecule has 2 aromatic heterocycles. The monoisotopic (exact) mass is 272 g/mol. The molecule has 1 saturated heterocycles. The third kappa shape index (κ3) is 2.36. The third-order valence-corrected chi connectivity index (χ3v) is 3.66. The molecule has 0 saturated carbocycles. The summed E-state index contributed by atoms with van der Waals surface area (Å²) >= 11 is 0. The summed E-state index contributed by atoms with van der Waals surface area (Å²) in [6.45, 7) is 1.73. The second kappa shape index (κ2) is 4.96. The van der Waals surface area contributed by atoms with E-state index >= 15 is 0 Å². The van der Waals surface area contributed by atoms with Crippen molar-refractivity contribution in [1.82, 2.24) is 14.8 Å². The number of aromatic carboxylic acids is 1. The summed E-state index contributed by atoms with van der Waals surface area (Å²) in [5, 5.41) is 13.2. The van der Waals surface area contributed by atoms with Crippen LogP contribution in [0.4, 0.5) is 5.82 Å². The Labute approximate surface area is 116 Å². The number of hydrogen-bond acceptors (Lipinski definition) is 4. The van der Waals surface area contributed by atoms with Crippen molar-refractivity contribution in [2.45, 2.75) is 12.3 Å². The Balaban J connectivity index is 1.77. The maximum Gasteiger partial charge on any atom is 0.354 e. The van der Waals surface area contributed by atoms with Gasteiger partial charge in [0, 0.05) is 32.3 Å². The SMILES string of the molecule is Cn1cc(C2CCN(c3cccc(C(=O)O)n3)C2)cn1. The van der Waals surface area contributed by atoms with E-state index in [9.17, 15) is 4.79 Å². The quantitative estimate of drug-likeness (QED) is 0.917. The van der Waals surface area contributed by atoms with Crippen LogP contribution in [-0.4, -0.2) is 38.9 Å². The minimum atomic E-state index is -0.991.